The summed E-state index contributed by atoms with van der Waals surface area (Å²) in [6, 6.07) is 19.8. The van der Waals surface area contributed by atoms with E-state index in [-0.39, 0.29) is 0 Å². The fourth-order valence-electron chi connectivity index (χ4n) is 3.23. The van der Waals surface area contributed by atoms with Gasteiger partial charge in [0.15, 0.2) is 0 Å². The topological polar surface area (TPSA) is 0 Å². The van der Waals surface area contributed by atoms with Gasteiger partial charge in [-0.05, 0) is 63.0 Å². The van der Waals surface area contributed by atoms with E-state index >= 15 is 0 Å². The summed E-state index contributed by atoms with van der Waals surface area (Å²) in [6.07, 6.45) is 1.89. The van der Waals surface area contributed by atoms with Gasteiger partial charge in [-0.25, -0.2) is 0 Å². The van der Waals surface area contributed by atoms with Crippen LogP contribution >= 0.6 is 12.6 Å². The molecule has 0 aromatic heterocycles. The molecule has 0 bridgehead atoms. The average molecular weight is 300 g/mol. The van der Waals surface area contributed by atoms with Crippen LogP contribution in [0.25, 0.3) is 38.4 Å². The molecule has 0 heterocycles. The molecule has 0 amide bonds. The van der Waals surface area contributed by atoms with Crippen LogP contribution < -0.4 is 0 Å². The van der Waals surface area contributed by atoms with Crippen LogP contribution in [0.3, 0.4) is 0 Å². The number of thiol groups is 1. The minimum atomic E-state index is 0.971. The summed E-state index contributed by atoms with van der Waals surface area (Å²) in [7, 11) is 0. The highest BCUT2D eigenvalue weighted by atomic mass is 32.1. The molecule has 0 fully saturated rings. The number of hydrogen-bond donors (Lipinski definition) is 1. The predicted octanol–water partition coefficient (Wildman–Crippen LogP) is 6.39. The van der Waals surface area contributed by atoms with Crippen molar-refractivity contribution in [1.29, 1.82) is 0 Å². The quantitative estimate of drug-likeness (QED) is 0.235. The summed E-state index contributed by atoms with van der Waals surface area (Å²) in [5.41, 5.74) is 2.40. The van der Waals surface area contributed by atoms with Crippen LogP contribution in [-0.4, -0.2) is 0 Å². The van der Waals surface area contributed by atoms with Crippen molar-refractivity contribution < 1.29 is 0 Å². The molecular formula is C21H16S. The van der Waals surface area contributed by atoms with Gasteiger partial charge in [0.05, 0.1) is 0 Å². The fraction of sp³-hybridized carbons (Fsp3) is 0.0476. The summed E-state index contributed by atoms with van der Waals surface area (Å²) in [5.74, 6) is 0. The van der Waals surface area contributed by atoms with E-state index in [1.165, 1.54) is 37.9 Å². The van der Waals surface area contributed by atoms with Crippen LogP contribution in [0.15, 0.2) is 66.1 Å². The summed E-state index contributed by atoms with van der Waals surface area (Å²) < 4.78 is 0. The third-order valence-electron chi connectivity index (χ3n) is 4.35. The maximum atomic E-state index is 4.55. The number of benzene rings is 4. The van der Waals surface area contributed by atoms with Gasteiger partial charge >= 0.3 is 0 Å². The maximum Gasteiger partial charge on any atom is 0.0119 e. The summed E-state index contributed by atoms with van der Waals surface area (Å²) in [4.78, 5) is 0.971. The average Bonchev–Trinajstić information content (AvgIpc) is 2.52. The summed E-state index contributed by atoms with van der Waals surface area (Å²) in [6.45, 7) is 6.07. The lowest BCUT2D eigenvalue weighted by Gasteiger charge is -2.10. The van der Waals surface area contributed by atoms with Gasteiger partial charge < -0.3 is 0 Å². The molecule has 0 atom stereocenters. The maximum absolute atomic E-state index is 4.55. The molecule has 0 aliphatic carbocycles. The van der Waals surface area contributed by atoms with Gasteiger partial charge in [0.25, 0.3) is 0 Å². The van der Waals surface area contributed by atoms with Crippen molar-refractivity contribution in [2.45, 2.75) is 11.8 Å². The minimum absolute atomic E-state index is 0.971. The number of fused-ring (bicyclic) bond motifs is 4. The highest BCUT2D eigenvalue weighted by Crippen LogP contribution is 2.33. The Morgan fingerprint density at radius 2 is 1.55 bits per heavy atom. The number of aryl methyl sites for hydroxylation is 1. The Bertz CT molecular complexity index is 1060. The molecule has 4 aromatic rings. The molecule has 0 spiro atoms. The van der Waals surface area contributed by atoms with Crippen molar-refractivity contribution in [2.75, 3.05) is 0 Å². The van der Waals surface area contributed by atoms with E-state index in [1.54, 1.807) is 0 Å². The highest BCUT2D eigenvalue weighted by Gasteiger charge is 2.07. The van der Waals surface area contributed by atoms with Gasteiger partial charge in [-0.3, -0.25) is 0 Å². The molecule has 1 heteroatoms. The fourth-order valence-corrected chi connectivity index (χ4v) is 3.52. The lowest BCUT2D eigenvalue weighted by atomic mass is 9.95. The van der Waals surface area contributed by atoms with Crippen LogP contribution in [0.2, 0.25) is 0 Å². The Hall–Kier alpha value is -2.25. The van der Waals surface area contributed by atoms with Crippen molar-refractivity contribution in [2.24, 2.45) is 0 Å². The van der Waals surface area contributed by atoms with E-state index in [2.05, 4.69) is 80.7 Å². The largest absolute Gasteiger partial charge is 0.143 e. The zero-order valence-corrected chi connectivity index (χ0v) is 13.3. The molecule has 0 saturated heterocycles. The normalized spacial score (nSPS) is 11.4. The second-order valence-electron chi connectivity index (χ2n) is 5.79. The molecule has 22 heavy (non-hydrogen) atoms. The Kier molecular flexibility index (Phi) is 2.98. The smallest absolute Gasteiger partial charge is 0.0119 e. The lowest BCUT2D eigenvalue weighted by Crippen LogP contribution is -1.84. The molecular weight excluding hydrogens is 284 g/mol. The van der Waals surface area contributed by atoms with Crippen LogP contribution in [0.5, 0.6) is 0 Å². The van der Waals surface area contributed by atoms with Gasteiger partial charge in [-0.15, -0.1) is 12.6 Å². The summed E-state index contributed by atoms with van der Waals surface area (Å²) in [5, 5.41) is 7.59. The predicted molar refractivity (Wildman–Crippen MR) is 101 cm³/mol. The van der Waals surface area contributed by atoms with Crippen LogP contribution in [0.1, 0.15) is 11.1 Å². The van der Waals surface area contributed by atoms with E-state index in [9.17, 15) is 0 Å². The van der Waals surface area contributed by atoms with Gasteiger partial charge in [-0.1, -0.05) is 54.6 Å². The zero-order chi connectivity index (χ0) is 15.3. The monoisotopic (exact) mass is 300 g/mol. The van der Waals surface area contributed by atoms with E-state index in [1.807, 2.05) is 6.08 Å². The molecule has 0 radical (unpaired) electrons. The van der Waals surface area contributed by atoms with E-state index < -0.39 is 0 Å². The molecule has 0 aliphatic rings. The number of rotatable bonds is 1. The first-order chi connectivity index (χ1) is 10.7. The first-order valence-corrected chi connectivity index (χ1v) is 7.83. The van der Waals surface area contributed by atoms with Gasteiger partial charge in [0, 0.05) is 4.90 Å². The highest BCUT2D eigenvalue weighted by molar-refractivity contribution is 7.80. The Morgan fingerprint density at radius 3 is 2.36 bits per heavy atom. The molecule has 0 aliphatic heterocycles. The van der Waals surface area contributed by atoms with Gasteiger partial charge in [0.2, 0.25) is 0 Å². The SMILES string of the molecule is C=Cc1c(S)ccc2c1ccc1cc3cc(C)ccc3cc12. The number of hydrogen-bond acceptors (Lipinski definition) is 1. The molecule has 4 rings (SSSR count). The molecule has 0 nitrogen and oxygen atoms in total. The summed E-state index contributed by atoms with van der Waals surface area (Å²) >= 11 is 4.55. The van der Waals surface area contributed by atoms with Crippen LogP contribution in [0, 0.1) is 6.92 Å². The lowest BCUT2D eigenvalue weighted by molar-refractivity contribution is 1.49. The zero-order valence-electron chi connectivity index (χ0n) is 12.4. The molecule has 0 N–H and O–H groups in total. The van der Waals surface area contributed by atoms with E-state index in [4.69, 9.17) is 0 Å². The third kappa shape index (κ3) is 1.93. The van der Waals surface area contributed by atoms with Crippen LogP contribution in [0.4, 0.5) is 0 Å². The van der Waals surface area contributed by atoms with Gasteiger partial charge in [-0.2, -0.15) is 0 Å². The van der Waals surface area contributed by atoms with Gasteiger partial charge in [0.1, 0.15) is 0 Å². The van der Waals surface area contributed by atoms with E-state index in [0.717, 1.165) is 10.5 Å². The van der Waals surface area contributed by atoms with Crippen LogP contribution in [-0.2, 0) is 0 Å². The second kappa shape index (κ2) is 4.89. The Labute approximate surface area is 135 Å². The van der Waals surface area contributed by atoms with Crippen molar-refractivity contribution in [3.05, 3.63) is 72.3 Å². The van der Waals surface area contributed by atoms with E-state index in [0.29, 0.717) is 0 Å². The van der Waals surface area contributed by atoms with Crippen molar-refractivity contribution in [3.63, 3.8) is 0 Å². The standard InChI is InChI=1S/C21H16S/c1-3-17-18-7-6-15-11-16-10-13(2)4-5-14(16)12-20(15)19(18)8-9-21(17)22/h3-12,22H,1H2,2H3. The third-order valence-corrected chi connectivity index (χ3v) is 4.74. The molecule has 106 valence electrons. The molecule has 0 unspecified atom stereocenters. The Morgan fingerprint density at radius 1 is 0.773 bits per heavy atom. The molecule has 4 aromatic carbocycles. The molecule has 0 saturated carbocycles. The van der Waals surface area contributed by atoms with Crippen molar-refractivity contribution in [1.82, 2.24) is 0 Å². The minimum Gasteiger partial charge on any atom is -0.143 e. The first-order valence-electron chi connectivity index (χ1n) is 7.38. The van der Waals surface area contributed by atoms with Crippen molar-refractivity contribution in [3.8, 4) is 0 Å². The Balaban J connectivity index is 2.19. The first kappa shape index (κ1) is 13.4. The van der Waals surface area contributed by atoms with Crippen molar-refractivity contribution >= 4 is 51.0 Å². The second-order valence-corrected chi connectivity index (χ2v) is 6.27.